The zero-order valence-corrected chi connectivity index (χ0v) is 10.9. The number of aliphatic hydroxyl groups excluding tert-OH is 1. The van der Waals surface area contributed by atoms with Gasteiger partial charge in [0.15, 0.2) is 0 Å². The molecule has 1 fully saturated rings. The second-order valence-corrected chi connectivity index (χ2v) is 5.64. The predicted octanol–water partition coefficient (Wildman–Crippen LogP) is 2.04. The Morgan fingerprint density at radius 3 is 2.50 bits per heavy atom. The number of carbonyl (C=O) groups excluding carboxylic acids is 1. The van der Waals surface area contributed by atoms with Crippen molar-refractivity contribution in [1.29, 1.82) is 0 Å². The Morgan fingerprint density at radius 2 is 2.06 bits per heavy atom. The van der Waals surface area contributed by atoms with Crippen LogP contribution in [-0.4, -0.2) is 34.6 Å². The van der Waals surface area contributed by atoms with Crippen LogP contribution in [0.4, 0.5) is 0 Å². The minimum absolute atomic E-state index is 0.203. The monoisotopic (exact) mass is 227 g/mol. The minimum Gasteiger partial charge on any atom is -0.393 e. The van der Waals surface area contributed by atoms with E-state index in [4.69, 9.17) is 0 Å². The molecule has 0 aromatic heterocycles. The fourth-order valence-corrected chi connectivity index (χ4v) is 3.01. The van der Waals surface area contributed by atoms with Crippen LogP contribution in [0.5, 0.6) is 0 Å². The molecule has 3 heteroatoms. The first kappa shape index (κ1) is 13.5. The Labute approximate surface area is 98.8 Å². The molecule has 94 valence electrons. The highest BCUT2D eigenvalue weighted by atomic mass is 16.3. The average Bonchev–Trinajstić information content (AvgIpc) is 2.18. The lowest BCUT2D eigenvalue weighted by molar-refractivity contribution is -0.128. The van der Waals surface area contributed by atoms with Crippen molar-refractivity contribution in [3.63, 3.8) is 0 Å². The van der Waals surface area contributed by atoms with Crippen molar-refractivity contribution in [2.45, 2.75) is 58.6 Å². The summed E-state index contributed by atoms with van der Waals surface area (Å²) >= 11 is 0. The molecule has 3 nitrogen and oxygen atoms in total. The van der Waals surface area contributed by atoms with Crippen molar-refractivity contribution in [3.8, 4) is 0 Å². The van der Waals surface area contributed by atoms with Crippen LogP contribution in [0, 0.1) is 11.8 Å². The van der Waals surface area contributed by atoms with Crippen LogP contribution in [0.25, 0.3) is 0 Å². The van der Waals surface area contributed by atoms with E-state index in [1.165, 1.54) is 0 Å². The Hall–Kier alpha value is -0.570. The number of nitrogens with zero attached hydrogens (tertiary/aromatic N) is 1. The first-order valence-electron chi connectivity index (χ1n) is 6.33. The predicted molar refractivity (Wildman–Crippen MR) is 65.0 cm³/mol. The van der Waals surface area contributed by atoms with Crippen molar-refractivity contribution in [2.24, 2.45) is 11.8 Å². The number of hydrogen-bond acceptors (Lipinski definition) is 2. The molecule has 0 bridgehead atoms. The molecule has 0 aliphatic heterocycles. The molecule has 0 unspecified atom stereocenters. The van der Waals surface area contributed by atoms with Crippen LogP contribution in [0.3, 0.4) is 0 Å². The van der Waals surface area contributed by atoms with Crippen molar-refractivity contribution in [3.05, 3.63) is 0 Å². The molecule has 1 N–H and O–H groups in total. The highest BCUT2D eigenvalue weighted by molar-refractivity contribution is 5.48. The maximum atomic E-state index is 11.0. The molecule has 1 aliphatic carbocycles. The zero-order valence-electron chi connectivity index (χ0n) is 10.9. The van der Waals surface area contributed by atoms with Gasteiger partial charge in [0.1, 0.15) is 0 Å². The third-order valence-corrected chi connectivity index (χ3v) is 4.19. The van der Waals surface area contributed by atoms with Crippen molar-refractivity contribution >= 4 is 6.41 Å². The molecule has 1 aliphatic rings. The quantitative estimate of drug-likeness (QED) is 0.747. The molecule has 0 spiro atoms. The first-order chi connectivity index (χ1) is 7.43. The largest absolute Gasteiger partial charge is 0.393 e. The summed E-state index contributed by atoms with van der Waals surface area (Å²) in [5, 5.41) is 10.2. The summed E-state index contributed by atoms with van der Waals surface area (Å²) in [7, 11) is 0. The van der Waals surface area contributed by atoms with Crippen molar-refractivity contribution in [2.75, 3.05) is 6.54 Å². The molecule has 1 amide bonds. The standard InChI is InChI=1S/C13H25NO2/c1-5-14(9-15)13(3,4)11-7-6-10(2)8-12(11)16/h9-12,16H,5-8H2,1-4H3/t10-,11-,12-/m1/s1. The molecule has 0 heterocycles. The van der Waals surface area contributed by atoms with E-state index in [-0.39, 0.29) is 17.6 Å². The Morgan fingerprint density at radius 1 is 1.44 bits per heavy atom. The second-order valence-electron chi connectivity index (χ2n) is 5.64. The number of carbonyl (C=O) groups is 1. The van der Waals surface area contributed by atoms with Gasteiger partial charge in [0, 0.05) is 18.0 Å². The van der Waals surface area contributed by atoms with E-state index in [9.17, 15) is 9.90 Å². The molecule has 0 aromatic rings. The lowest BCUT2D eigenvalue weighted by atomic mass is 9.71. The van der Waals surface area contributed by atoms with Gasteiger partial charge in [-0.15, -0.1) is 0 Å². The maximum Gasteiger partial charge on any atom is 0.210 e. The van der Waals surface area contributed by atoms with Gasteiger partial charge >= 0.3 is 0 Å². The average molecular weight is 227 g/mol. The van der Waals surface area contributed by atoms with Crippen LogP contribution < -0.4 is 0 Å². The van der Waals surface area contributed by atoms with Crippen LogP contribution in [0.1, 0.15) is 47.0 Å². The molecular formula is C13H25NO2. The molecule has 3 atom stereocenters. The van der Waals surface area contributed by atoms with Crippen LogP contribution in [0.15, 0.2) is 0 Å². The third-order valence-electron chi connectivity index (χ3n) is 4.19. The van der Waals surface area contributed by atoms with Gasteiger partial charge in [-0.2, -0.15) is 0 Å². The number of amides is 1. The summed E-state index contributed by atoms with van der Waals surface area (Å²) in [6, 6.07) is 0. The summed E-state index contributed by atoms with van der Waals surface area (Å²) in [5.74, 6) is 0.808. The maximum absolute atomic E-state index is 11.0. The highest BCUT2D eigenvalue weighted by Gasteiger charge is 2.41. The molecule has 0 aromatic carbocycles. The van der Waals surface area contributed by atoms with Gasteiger partial charge in [-0.25, -0.2) is 0 Å². The van der Waals surface area contributed by atoms with E-state index < -0.39 is 0 Å². The molecule has 1 saturated carbocycles. The number of hydrogen-bond donors (Lipinski definition) is 1. The number of rotatable bonds is 4. The van der Waals surface area contributed by atoms with Crippen LogP contribution >= 0.6 is 0 Å². The Balaban J connectivity index is 2.77. The van der Waals surface area contributed by atoms with Crippen molar-refractivity contribution < 1.29 is 9.90 Å². The molecule has 0 radical (unpaired) electrons. The molecule has 0 saturated heterocycles. The van der Waals surface area contributed by atoms with Crippen molar-refractivity contribution in [1.82, 2.24) is 4.90 Å². The Bertz CT molecular complexity index is 240. The van der Waals surface area contributed by atoms with E-state index in [1.807, 2.05) is 6.92 Å². The van der Waals surface area contributed by atoms with Gasteiger partial charge in [0.25, 0.3) is 0 Å². The molecular weight excluding hydrogens is 202 g/mol. The van der Waals surface area contributed by atoms with Gasteiger partial charge in [0.05, 0.1) is 6.10 Å². The Kier molecular flexibility index (Phi) is 4.36. The lowest BCUT2D eigenvalue weighted by Gasteiger charge is -2.46. The van der Waals surface area contributed by atoms with E-state index in [1.54, 1.807) is 4.90 Å². The van der Waals surface area contributed by atoms with E-state index in [0.717, 1.165) is 25.7 Å². The summed E-state index contributed by atoms with van der Waals surface area (Å²) in [4.78, 5) is 12.8. The van der Waals surface area contributed by atoms with Gasteiger partial charge < -0.3 is 10.0 Å². The van der Waals surface area contributed by atoms with Gasteiger partial charge in [-0.3, -0.25) is 4.79 Å². The summed E-state index contributed by atoms with van der Waals surface area (Å²) in [5.41, 5.74) is -0.240. The SMILES string of the molecule is CCN(C=O)C(C)(C)[C@@H]1CC[C@@H](C)C[C@H]1O. The lowest BCUT2D eigenvalue weighted by Crippen LogP contribution is -2.53. The fraction of sp³-hybridized carbons (Fsp3) is 0.923. The van der Waals surface area contributed by atoms with E-state index in [0.29, 0.717) is 12.5 Å². The smallest absolute Gasteiger partial charge is 0.210 e. The summed E-state index contributed by atoms with van der Waals surface area (Å²) in [6.45, 7) is 9.00. The normalized spacial score (nSPS) is 31.2. The molecule has 1 rings (SSSR count). The highest BCUT2D eigenvalue weighted by Crippen LogP contribution is 2.37. The number of aliphatic hydroxyl groups is 1. The third kappa shape index (κ3) is 2.57. The van der Waals surface area contributed by atoms with E-state index >= 15 is 0 Å². The van der Waals surface area contributed by atoms with Gasteiger partial charge in [0.2, 0.25) is 6.41 Å². The summed E-state index contributed by atoms with van der Waals surface area (Å²) in [6.07, 6.45) is 3.67. The summed E-state index contributed by atoms with van der Waals surface area (Å²) < 4.78 is 0. The second kappa shape index (κ2) is 5.17. The van der Waals surface area contributed by atoms with Gasteiger partial charge in [-0.05, 0) is 39.5 Å². The fourth-order valence-electron chi connectivity index (χ4n) is 3.01. The minimum atomic E-state index is -0.271. The zero-order chi connectivity index (χ0) is 12.3. The topological polar surface area (TPSA) is 40.5 Å². The van der Waals surface area contributed by atoms with Gasteiger partial charge in [-0.1, -0.05) is 13.3 Å². The van der Waals surface area contributed by atoms with E-state index in [2.05, 4.69) is 20.8 Å². The molecule has 16 heavy (non-hydrogen) atoms. The van der Waals surface area contributed by atoms with Crippen LogP contribution in [-0.2, 0) is 4.79 Å². The first-order valence-corrected chi connectivity index (χ1v) is 6.33. The van der Waals surface area contributed by atoms with Crippen LogP contribution in [0.2, 0.25) is 0 Å².